The lowest BCUT2D eigenvalue weighted by atomic mass is 10.3. The molecule has 2 N–H and O–H groups in total. The van der Waals surface area contributed by atoms with Gasteiger partial charge in [-0.2, -0.15) is 0 Å². The fraction of sp³-hybridized carbons (Fsp3) is 0.125. The topological polar surface area (TPSA) is 52.3 Å². The largest absolute Gasteiger partial charge is 0.495 e. The number of anilines is 1. The van der Waals surface area contributed by atoms with Gasteiger partial charge in [-0.25, -0.2) is 0 Å². The Morgan fingerprint density at radius 2 is 2.25 bits per heavy atom. The van der Waals surface area contributed by atoms with Crippen molar-refractivity contribution in [2.24, 2.45) is 0 Å². The minimum Gasteiger partial charge on any atom is -0.495 e. The highest BCUT2D eigenvalue weighted by atomic mass is 31.1. The summed E-state index contributed by atoms with van der Waals surface area (Å²) in [6.45, 7) is 0. The summed E-state index contributed by atoms with van der Waals surface area (Å²) in [5, 5.41) is 0.649. The molecule has 0 saturated heterocycles. The van der Waals surface area contributed by atoms with Crippen LogP contribution >= 0.6 is 7.42 Å². The molecule has 1 unspecified atom stereocenters. The first-order valence-electron chi connectivity index (χ1n) is 3.36. The molecular formula is C8H10NO2P. The number of methoxy groups -OCH3 is 1. The van der Waals surface area contributed by atoms with E-state index in [0.29, 0.717) is 16.7 Å². The normalized spacial score (nSPS) is 10.9. The molecule has 12 heavy (non-hydrogen) atoms. The summed E-state index contributed by atoms with van der Waals surface area (Å²) in [5.41, 5.74) is 6.10. The van der Waals surface area contributed by atoms with Gasteiger partial charge < -0.3 is 10.5 Å². The molecular weight excluding hydrogens is 173 g/mol. The van der Waals surface area contributed by atoms with Crippen LogP contribution < -0.4 is 15.8 Å². The van der Waals surface area contributed by atoms with E-state index < -0.39 is 7.42 Å². The molecule has 1 aromatic carbocycles. The van der Waals surface area contributed by atoms with Gasteiger partial charge in [0.25, 0.3) is 0 Å². The Morgan fingerprint density at radius 3 is 2.75 bits per heavy atom. The average molecular weight is 183 g/mol. The Hall–Kier alpha value is -1.21. The van der Waals surface area contributed by atoms with Gasteiger partial charge in [0, 0.05) is 5.30 Å². The maximum absolute atomic E-state index is 11.0. The van der Waals surface area contributed by atoms with Crippen LogP contribution in [-0.2, 0) is 4.57 Å². The molecule has 0 spiro atoms. The quantitative estimate of drug-likeness (QED) is 0.553. The van der Waals surface area contributed by atoms with Gasteiger partial charge in [-0.3, -0.25) is 4.57 Å². The zero-order chi connectivity index (χ0) is 9.14. The Bertz CT molecular complexity index is 350. The van der Waals surface area contributed by atoms with E-state index in [0.717, 1.165) is 0 Å². The number of ether oxygens (including phenoxy) is 1. The van der Waals surface area contributed by atoms with Crippen LogP contribution in [0.4, 0.5) is 5.69 Å². The molecule has 0 aliphatic rings. The zero-order valence-corrected chi connectivity index (χ0v) is 7.67. The van der Waals surface area contributed by atoms with Crippen LogP contribution in [0.3, 0.4) is 0 Å². The molecule has 0 aliphatic heterocycles. The first-order chi connectivity index (χ1) is 5.65. The second-order valence-electron chi connectivity index (χ2n) is 2.30. The highest BCUT2D eigenvalue weighted by Crippen LogP contribution is 2.20. The fourth-order valence-electron chi connectivity index (χ4n) is 0.855. The number of hydrogen-bond acceptors (Lipinski definition) is 3. The minimum absolute atomic E-state index is 0.540. The standard InChI is InChI=1S/C8H10NO2P/c1-11-8-5-6(12(2)10)3-4-7(8)9/h3-5H,2,9H2,1H3. The van der Waals surface area contributed by atoms with Crippen molar-refractivity contribution in [1.82, 2.24) is 0 Å². The summed E-state index contributed by atoms with van der Waals surface area (Å²) < 4.78 is 15.9. The lowest BCUT2D eigenvalue weighted by Gasteiger charge is -2.03. The average Bonchev–Trinajstić information content (AvgIpc) is 2.05. The first kappa shape index (κ1) is 8.88. The molecule has 1 rings (SSSR count). The molecule has 0 aromatic heterocycles. The number of benzene rings is 1. The molecule has 0 amide bonds. The highest BCUT2D eigenvalue weighted by molar-refractivity contribution is 7.51. The van der Waals surface area contributed by atoms with E-state index in [9.17, 15) is 4.57 Å². The summed E-state index contributed by atoms with van der Waals surface area (Å²) in [4.78, 5) is 0. The third-order valence-electron chi connectivity index (χ3n) is 1.51. The fourth-order valence-corrected chi connectivity index (χ4v) is 1.36. The third-order valence-corrected chi connectivity index (χ3v) is 2.36. The number of nitrogen functional groups attached to an aromatic ring is 1. The SMILES string of the molecule is C=P(=O)c1ccc(N)c(OC)c1. The van der Waals surface area contributed by atoms with E-state index in [-0.39, 0.29) is 0 Å². The lowest BCUT2D eigenvalue weighted by molar-refractivity contribution is 0.417. The van der Waals surface area contributed by atoms with Crippen molar-refractivity contribution < 1.29 is 9.30 Å². The van der Waals surface area contributed by atoms with Crippen molar-refractivity contribution in [3.63, 3.8) is 0 Å². The predicted molar refractivity (Wildman–Crippen MR) is 51.8 cm³/mol. The van der Waals surface area contributed by atoms with E-state index in [1.165, 1.54) is 7.11 Å². The molecule has 0 aliphatic carbocycles. The molecule has 0 fully saturated rings. The molecule has 1 aromatic rings. The number of rotatable bonds is 2. The molecule has 3 nitrogen and oxygen atoms in total. The van der Waals surface area contributed by atoms with Gasteiger partial charge in [0.2, 0.25) is 0 Å². The summed E-state index contributed by atoms with van der Waals surface area (Å²) in [5.74, 6) is 0.541. The van der Waals surface area contributed by atoms with Crippen LogP contribution in [0.25, 0.3) is 0 Å². The predicted octanol–water partition coefficient (Wildman–Crippen LogP) is 1.16. The van der Waals surface area contributed by atoms with E-state index in [1.807, 2.05) is 0 Å². The van der Waals surface area contributed by atoms with Crippen LogP contribution in [0, 0.1) is 0 Å². The van der Waals surface area contributed by atoms with Crippen molar-refractivity contribution >= 4 is 24.7 Å². The molecule has 0 bridgehead atoms. The van der Waals surface area contributed by atoms with Crippen molar-refractivity contribution in [3.8, 4) is 5.75 Å². The molecule has 64 valence electrons. The molecule has 0 radical (unpaired) electrons. The Balaban J connectivity index is 3.22. The second-order valence-corrected chi connectivity index (χ2v) is 3.58. The van der Waals surface area contributed by atoms with Gasteiger partial charge in [-0.1, -0.05) is 0 Å². The van der Waals surface area contributed by atoms with E-state index in [2.05, 4.69) is 6.30 Å². The van der Waals surface area contributed by atoms with E-state index in [4.69, 9.17) is 10.5 Å². The summed E-state index contributed by atoms with van der Waals surface area (Å²) in [6.07, 6.45) is 3.43. The van der Waals surface area contributed by atoms with E-state index in [1.54, 1.807) is 18.2 Å². The van der Waals surface area contributed by atoms with Crippen molar-refractivity contribution in [2.45, 2.75) is 0 Å². The van der Waals surface area contributed by atoms with Gasteiger partial charge in [0.15, 0.2) is 0 Å². The van der Waals surface area contributed by atoms with Crippen LogP contribution in [-0.4, -0.2) is 13.4 Å². The maximum atomic E-state index is 11.0. The van der Waals surface area contributed by atoms with Gasteiger partial charge in [-0.05, 0) is 24.5 Å². The molecule has 0 heterocycles. The molecule has 4 heteroatoms. The van der Waals surface area contributed by atoms with Crippen molar-refractivity contribution in [2.75, 3.05) is 12.8 Å². The Morgan fingerprint density at radius 1 is 1.58 bits per heavy atom. The smallest absolute Gasteiger partial charge is 0.142 e. The van der Waals surface area contributed by atoms with Crippen molar-refractivity contribution in [3.05, 3.63) is 18.2 Å². The summed E-state index contributed by atoms with van der Waals surface area (Å²) in [7, 11) is -0.0460. The van der Waals surface area contributed by atoms with Gasteiger partial charge in [-0.15, -0.1) is 0 Å². The van der Waals surface area contributed by atoms with Crippen LogP contribution in [0.2, 0.25) is 0 Å². The molecule has 0 saturated carbocycles. The Labute approximate surface area is 71.6 Å². The summed E-state index contributed by atoms with van der Waals surface area (Å²) in [6, 6.07) is 4.98. The van der Waals surface area contributed by atoms with Crippen LogP contribution in [0.1, 0.15) is 0 Å². The molecule has 1 atom stereocenters. The first-order valence-corrected chi connectivity index (χ1v) is 4.81. The Kier molecular flexibility index (Phi) is 2.56. The van der Waals surface area contributed by atoms with Gasteiger partial charge >= 0.3 is 0 Å². The van der Waals surface area contributed by atoms with Crippen LogP contribution in [0.15, 0.2) is 18.2 Å². The van der Waals surface area contributed by atoms with Gasteiger partial charge in [0.1, 0.15) is 13.2 Å². The highest BCUT2D eigenvalue weighted by Gasteiger charge is 2.00. The lowest BCUT2D eigenvalue weighted by Crippen LogP contribution is -1.98. The monoisotopic (exact) mass is 183 g/mol. The minimum atomic E-state index is -1.57. The van der Waals surface area contributed by atoms with Gasteiger partial charge in [0.05, 0.1) is 12.8 Å². The summed E-state index contributed by atoms with van der Waals surface area (Å²) >= 11 is 0. The van der Waals surface area contributed by atoms with Crippen molar-refractivity contribution in [1.29, 1.82) is 0 Å². The third kappa shape index (κ3) is 1.69. The van der Waals surface area contributed by atoms with Crippen LogP contribution in [0.5, 0.6) is 5.75 Å². The zero-order valence-electron chi connectivity index (χ0n) is 6.78. The number of hydrogen-bond donors (Lipinski definition) is 1. The maximum Gasteiger partial charge on any atom is 0.142 e. The second kappa shape index (κ2) is 3.46. The van der Waals surface area contributed by atoms with E-state index >= 15 is 0 Å². The number of nitrogens with two attached hydrogens (primary N) is 1.